The third-order valence-electron chi connectivity index (χ3n) is 3.63. The van der Waals surface area contributed by atoms with Crippen molar-refractivity contribution in [2.24, 2.45) is 5.92 Å². The van der Waals surface area contributed by atoms with Crippen LogP contribution in [-0.2, 0) is 20.9 Å². The molecule has 0 bridgehead atoms. The lowest BCUT2D eigenvalue weighted by Crippen LogP contribution is -2.42. The first-order valence-corrected chi connectivity index (χ1v) is 9.43. The van der Waals surface area contributed by atoms with Gasteiger partial charge in [-0.05, 0) is 24.1 Å². The summed E-state index contributed by atoms with van der Waals surface area (Å²) in [4.78, 5) is 51.5. The van der Waals surface area contributed by atoms with Crippen molar-refractivity contribution in [3.05, 3.63) is 39.4 Å². The standard InChI is InChI=1S/C18H21BrN4O5/c1-11(2)8-20-18(27)22-15(24)9-28-16(25)5-6-23-10-21-14-4-3-12(19)7-13(14)17(23)26/h3-4,7,10-11H,5-6,8-9H2,1-2H3,(H2,20,22,24,27). The summed E-state index contributed by atoms with van der Waals surface area (Å²) in [6.45, 7) is 3.73. The molecule has 0 fully saturated rings. The SMILES string of the molecule is CC(C)CNC(=O)NC(=O)COC(=O)CCn1cnc2ccc(Br)cc2c1=O. The van der Waals surface area contributed by atoms with Gasteiger partial charge >= 0.3 is 12.0 Å². The number of urea groups is 1. The number of hydrogen-bond donors (Lipinski definition) is 2. The van der Waals surface area contributed by atoms with E-state index in [4.69, 9.17) is 4.74 Å². The Morgan fingerprint density at radius 3 is 2.75 bits per heavy atom. The molecule has 2 rings (SSSR count). The number of amides is 3. The topological polar surface area (TPSA) is 119 Å². The van der Waals surface area contributed by atoms with Crippen LogP contribution in [0.15, 0.2) is 33.8 Å². The Kier molecular flexibility index (Phi) is 7.68. The Morgan fingerprint density at radius 2 is 2.04 bits per heavy atom. The van der Waals surface area contributed by atoms with E-state index in [9.17, 15) is 19.2 Å². The summed E-state index contributed by atoms with van der Waals surface area (Å²) in [5.74, 6) is -1.16. The smallest absolute Gasteiger partial charge is 0.321 e. The number of carbonyl (C=O) groups is 3. The number of imide groups is 1. The number of fused-ring (bicyclic) bond motifs is 1. The molecule has 9 nitrogen and oxygen atoms in total. The Morgan fingerprint density at radius 1 is 1.29 bits per heavy atom. The van der Waals surface area contributed by atoms with Crippen LogP contribution in [0.1, 0.15) is 20.3 Å². The van der Waals surface area contributed by atoms with Gasteiger partial charge in [-0.1, -0.05) is 29.8 Å². The molecule has 0 aliphatic carbocycles. The predicted octanol–water partition coefficient (Wildman–Crippen LogP) is 1.57. The van der Waals surface area contributed by atoms with Crippen LogP contribution < -0.4 is 16.2 Å². The summed E-state index contributed by atoms with van der Waals surface area (Å²) < 4.78 is 6.87. The van der Waals surface area contributed by atoms with Crippen molar-refractivity contribution in [3.63, 3.8) is 0 Å². The van der Waals surface area contributed by atoms with Crippen LogP contribution in [0.5, 0.6) is 0 Å². The fraction of sp³-hybridized carbons (Fsp3) is 0.389. The van der Waals surface area contributed by atoms with E-state index >= 15 is 0 Å². The van der Waals surface area contributed by atoms with Gasteiger partial charge < -0.3 is 10.1 Å². The monoisotopic (exact) mass is 452 g/mol. The van der Waals surface area contributed by atoms with Crippen molar-refractivity contribution < 1.29 is 19.1 Å². The van der Waals surface area contributed by atoms with Crippen molar-refractivity contribution in [1.82, 2.24) is 20.2 Å². The van der Waals surface area contributed by atoms with E-state index in [2.05, 4.69) is 31.5 Å². The average Bonchev–Trinajstić information content (AvgIpc) is 2.64. The normalized spacial score (nSPS) is 10.7. The molecule has 1 heterocycles. The maximum absolute atomic E-state index is 12.4. The molecule has 0 unspecified atom stereocenters. The Balaban J connectivity index is 1.82. The molecule has 0 spiro atoms. The number of ether oxygens (including phenoxy) is 1. The molecule has 1 aromatic carbocycles. The minimum atomic E-state index is -0.732. The van der Waals surface area contributed by atoms with Gasteiger partial charge in [0.1, 0.15) is 0 Å². The lowest BCUT2D eigenvalue weighted by molar-refractivity contribution is -0.148. The summed E-state index contributed by atoms with van der Waals surface area (Å²) >= 11 is 3.30. The number of nitrogens with zero attached hydrogens (tertiary/aromatic N) is 2. The molecule has 0 aliphatic heterocycles. The Hall–Kier alpha value is -2.75. The second-order valence-electron chi connectivity index (χ2n) is 6.47. The molecule has 0 radical (unpaired) electrons. The van der Waals surface area contributed by atoms with Crippen molar-refractivity contribution in [1.29, 1.82) is 0 Å². The summed E-state index contributed by atoms with van der Waals surface area (Å²) in [6, 6.07) is 4.52. The average molecular weight is 453 g/mol. The van der Waals surface area contributed by atoms with Crippen LogP contribution in [0.25, 0.3) is 10.9 Å². The van der Waals surface area contributed by atoms with Gasteiger partial charge in [0, 0.05) is 17.6 Å². The number of nitrogens with one attached hydrogen (secondary N) is 2. The minimum absolute atomic E-state index is 0.0591. The predicted molar refractivity (Wildman–Crippen MR) is 106 cm³/mol. The Labute approximate surface area is 169 Å². The van der Waals surface area contributed by atoms with E-state index in [1.54, 1.807) is 18.2 Å². The zero-order chi connectivity index (χ0) is 20.7. The number of aromatic nitrogens is 2. The van der Waals surface area contributed by atoms with Gasteiger partial charge in [-0.3, -0.25) is 24.3 Å². The molecule has 2 N–H and O–H groups in total. The largest absolute Gasteiger partial charge is 0.456 e. The number of hydrogen-bond acceptors (Lipinski definition) is 6. The lowest BCUT2D eigenvalue weighted by Gasteiger charge is -2.09. The van der Waals surface area contributed by atoms with Gasteiger partial charge in [-0.25, -0.2) is 9.78 Å². The quantitative estimate of drug-likeness (QED) is 0.615. The van der Waals surface area contributed by atoms with E-state index in [0.29, 0.717) is 17.4 Å². The molecule has 28 heavy (non-hydrogen) atoms. The van der Waals surface area contributed by atoms with Gasteiger partial charge in [-0.15, -0.1) is 0 Å². The molecule has 10 heteroatoms. The highest BCUT2D eigenvalue weighted by atomic mass is 79.9. The van der Waals surface area contributed by atoms with Crippen LogP contribution in [-0.4, -0.2) is 40.6 Å². The van der Waals surface area contributed by atoms with Crippen molar-refractivity contribution in [3.8, 4) is 0 Å². The third-order valence-corrected chi connectivity index (χ3v) is 4.12. The fourth-order valence-corrected chi connectivity index (χ4v) is 2.59. The van der Waals surface area contributed by atoms with Crippen LogP contribution in [0, 0.1) is 5.92 Å². The molecule has 0 saturated carbocycles. The molecule has 2 aromatic rings. The lowest BCUT2D eigenvalue weighted by atomic mass is 10.2. The summed E-state index contributed by atoms with van der Waals surface area (Å²) in [7, 11) is 0. The summed E-state index contributed by atoms with van der Waals surface area (Å²) in [6.07, 6.45) is 1.24. The number of rotatable bonds is 7. The van der Waals surface area contributed by atoms with Crippen LogP contribution in [0.3, 0.4) is 0 Å². The van der Waals surface area contributed by atoms with Crippen LogP contribution >= 0.6 is 15.9 Å². The first kappa shape index (κ1) is 21.5. The van der Waals surface area contributed by atoms with Gasteiger partial charge in [0.2, 0.25) is 0 Å². The zero-order valence-corrected chi connectivity index (χ0v) is 17.1. The minimum Gasteiger partial charge on any atom is -0.456 e. The van der Waals surface area contributed by atoms with E-state index in [1.165, 1.54) is 10.9 Å². The molecular formula is C18H21BrN4O5. The highest BCUT2D eigenvalue weighted by Gasteiger charge is 2.12. The van der Waals surface area contributed by atoms with E-state index in [1.807, 2.05) is 13.8 Å². The first-order chi connectivity index (χ1) is 13.3. The number of benzene rings is 1. The molecule has 1 aromatic heterocycles. The van der Waals surface area contributed by atoms with E-state index in [0.717, 1.165) is 4.47 Å². The Bertz CT molecular complexity index is 941. The van der Waals surface area contributed by atoms with Crippen molar-refractivity contribution >= 4 is 44.7 Å². The van der Waals surface area contributed by atoms with E-state index in [-0.39, 0.29) is 24.4 Å². The van der Waals surface area contributed by atoms with Crippen LogP contribution in [0.2, 0.25) is 0 Å². The molecule has 0 aliphatic rings. The second-order valence-corrected chi connectivity index (χ2v) is 7.38. The molecule has 3 amide bonds. The second kappa shape index (κ2) is 9.98. The van der Waals surface area contributed by atoms with E-state index < -0.39 is 24.5 Å². The van der Waals surface area contributed by atoms with Gasteiger partial charge in [-0.2, -0.15) is 0 Å². The number of carbonyl (C=O) groups excluding carboxylic acids is 3. The maximum atomic E-state index is 12.4. The summed E-state index contributed by atoms with van der Waals surface area (Å²) in [5.41, 5.74) is 0.276. The van der Waals surface area contributed by atoms with Crippen LogP contribution in [0.4, 0.5) is 4.79 Å². The third kappa shape index (κ3) is 6.45. The zero-order valence-electron chi connectivity index (χ0n) is 15.5. The summed E-state index contributed by atoms with van der Waals surface area (Å²) in [5, 5.41) is 5.00. The fourth-order valence-electron chi connectivity index (χ4n) is 2.22. The molecular weight excluding hydrogens is 432 g/mol. The van der Waals surface area contributed by atoms with Crippen molar-refractivity contribution in [2.45, 2.75) is 26.8 Å². The number of aryl methyl sites for hydroxylation is 1. The number of halogens is 1. The highest BCUT2D eigenvalue weighted by molar-refractivity contribution is 9.10. The molecule has 0 atom stereocenters. The maximum Gasteiger partial charge on any atom is 0.321 e. The van der Waals surface area contributed by atoms with Gasteiger partial charge in [0.25, 0.3) is 11.5 Å². The highest BCUT2D eigenvalue weighted by Crippen LogP contribution is 2.14. The first-order valence-electron chi connectivity index (χ1n) is 8.64. The van der Waals surface area contributed by atoms with Gasteiger partial charge in [0.15, 0.2) is 6.61 Å². The van der Waals surface area contributed by atoms with Gasteiger partial charge in [0.05, 0.1) is 23.7 Å². The molecule has 150 valence electrons. The molecule has 0 saturated heterocycles. The number of esters is 1. The van der Waals surface area contributed by atoms with Crippen molar-refractivity contribution in [2.75, 3.05) is 13.2 Å².